The van der Waals surface area contributed by atoms with Crippen LogP contribution >= 0.6 is 23.2 Å². The molecule has 0 aliphatic heterocycles. The van der Waals surface area contributed by atoms with Gasteiger partial charge in [0, 0.05) is 11.1 Å². The number of nitrogens with zero attached hydrogens (tertiary/aromatic N) is 1. The minimum Gasteiger partial charge on any atom is -0.490 e. The van der Waals surface area contributed by atoms with E-state index in [1.54, 1.807) is 30.3 Å². The first-order valence-electron chi connectivity index (χ1n) is 7.18. The summed E-state index contributed by atoms with van der Waals surface area (Å²) in [5.74, 6) is -0.299. The van der Waals surface area contributed by atoms with Gasteiger partial charge in [-0.2, -0.15) is 0 Å². The van der Waals surface area contributed by atoms with Crippen LogP contribution in [0.1, 0.15) is 5.56 Å². The first-order valence-corrected chi connectivity index (χ1v) is 7.93. The zero-order chi connectivity index (χ0) is 17.3. The molecule has 0 saturated carbocycles. The quantitative estimate of drug-likeness (QED) is 0.707. The van der Waals surface area contributed by atoms with Crippen molar-refractivity contribution in [1.82, 2.24) is 4.57 Å². The number of halogens is 2. The van der Waals surface area contributed by atoms with Gasteiger partial charge < -0.3 is 9.15 Å². The van der Waals surface area contributed by atoms with Crippen LogP contribution in [0.15, 0.2) is 50.4 Å². The second-order valence-corrected chi connectivity index (χ2v) is 6.09. The van der Waals surface area contributed by atoms with Gasteiger partial charge in [0.05, 0.1) is 22.5 Å². The molecule has 0 atom stereocenters. The number of hydrogen-bond acceptors (Lipinski definition) is 4. The number of aryl methyl sites for hydroxylation is 1. The average Bonchev–Trinajstić information content (AvgIpc) is 2.54. The third-order valence-corrected chi connectivity index (χ3v) is 4.08. The van der Waals surface area contributed by atoms with Gasteiger partial charge in [-0.25, -0.2) is 9.59 Å². The Kier molecular flexibility index (Phi) is 4.64. The van der Waals surface area contributed by atoms with Crippen LogP contribution in [0.25, 0.3) is 10.9 Å². The molecule has 3 aromatic rings. The fourth-order valence-corrected chi connectivity index (χ4v) is 2.72. The molecule has 0 N–H and O–H groups in total. The number of aromatic nitrogens is 1. The van der Waals surface area contributed by atoms with Crippen molar-refractivity contribution >= 4 is 34.1 Å². The maximum absolute atomic E-state index is 12.0. The summed E-state index contributed by atoms with van der Waals surface area (Å²) in [4.78, 5) is 23.8. The minimum absolute atomic E-state index is 0.163. The molecule has 5 nitrogen and oxygen atoms in total. The lowest BCUT2D eigenvalue weighted by molar-refractivity contribution is 0.287. The Morgan fingerprint density at radius 2 is 1.92 bits per heavy atom. The highest BCUT2D eigenvalue weighted by atomic mass is 35.5. The second kappa shape index (κ2) is 6.71. The van der Waals surface area contributed by atoms with Gasteiger partial charge in [0.25, 0.3) is 0 Å². The maximum atomic E-state index is 12.0. The molecule has 1 heterocycles. The normalized spacial score (nSPS) is 11.0. The fourth-order valence-electron chi connectivity index (χ4n) is 2.38. The fraction of sp³-hybridized carbons (Fsp3) is 0.176. The summed E-state index contributed by atoms with van der Waals surface area (Å²) >= 11 is 11.9. The van der Waals surface area contributed by atoms with Gasteiger partial charge in [-0.3, -0.25) is 4.57 Å². The van der Waals surface area contributed by atoms with Gasteiger partial charge in [0.1, 0.15) is 12.4 Å². The molecule has 2 aromatic carbocycles. The first-order chi connectivity index (χ1) is 11.5. The number of hydrogen-bond donors (Lipinski definition) is 0. The van der Waals surface area contributed by atoms with Crippen molar-refractivity contribution in [1.29, 1.82) is 0 Å². The smallest absolute Gasteiger partial charge is 0.422 e. The summed E-state index contributed by atoms with van der Waals surface area (Å²) in [6.07, 6.45) is 0. The molecule has 24 heavy (non-hydrogen) atoms. The van der Waals surface area contributed by atoms with E-state index in [0.29, 0.717) is 26.7 Å². The van der Waals surface area contributed by atoms with E-state index in [4.69, 9.17) is 32.4 Å². The van der Waals surface area contributed by atoms with Crippen LogP contribution in [-0.2, 0) is 6.54 Å². The largest absolute Gasteiger partial charge is 0.490 e. The zero-order valence-electron chi connectivity index (χ0n) is 12.7. The average molecular weight is 366 g/mol. The number of benzene rings is 2. The summed E-state index contributed by atoms with van der Waals surface area (Å²) in [6, 6.07) is 10.1. The van der Waals surface area contributed by atoms with Crippen molar-refractivity contribution < 1.29 is 9.15 Å². The Morgan fingerprint density at radius 1 is 1.12 bits per heavy atom. The zero-order valence-corrected chi connectivity index (χ0v) is 14.2. The Hall–Kier alpha value is -2.24. The van der Waals surface area contributed by atoms with Crippen molar-refractivity contribution in [3.05, 3.63) is 73.0 Å². The summed E-state index contributed by atoms with van der Waals surface area (Å²) in [7, 11) is 0. The maximum Gasteiger partial charge on any atom is 0.422 e. The highest BCUT2D eigenvalue weighted by Gasteiger charge is 2.10. The predicted molar refractivity (Wildman–Crippen MR) is 93.4 cm³/mol. The van der Waals surface area contributed by atoms with Crippen LogP contribution in [-0.4, -0.2) is 11.2 Å². The van der Waals surface area contributed by atoms with E-state index in [1.165, 1.54) is 4.57 Å². The van der Waals surface area contributed by atoms with Crippen LogP contribution in [0, 0.1) is 6.92 Å². The molecular weight excluding hydrogens is 353 g/mol. The Labute approximate surface area is 147 Å². The second-order valence-electron chi connectivity index (χ2n) is 5.25. The van der Waals surface area contributed by atoms with E-state index >= 15 is 0 Å². The molecule has 0 unspecified atom stereocenters. The SMILES string of the molecule is Cc1ccc2c(c1)c(=O)oc(=O)n2CCOc1cc(Cl)ccc1Cl. The van der Waals surface area contributed by atoms with E-state index in [-0.39, 0.29) is 13.2 Å². The summed E-state index contributed by atoms with van der Waals surface area (Å²) in [5.41, 5.74) is 0.762. The molecule has 0 fully saturated rings. The molecule has 0 spiro atoms. The standard InChI is InChI=1S/C17H13Cl2NO4/c1-10-2-5-14-12(8-10)16(21)24-17(22)20(14)6-7-23-15-9-11(18)3-4-13(15)19/h2-5,8-9H,6-7H2,1H3. The molecule has 0 aliphatic carbocycles. The van der Waals surface area contributed by atoms with Crippen LogP contribution in [0.3, 0.4) is 0 Å². The van der Waals surface area contributed by atoms with Crippen molar-refractivity contribution in [3.63, 3.8) is 0 Å². The molecule has 0 bridgehead atoms. The lowest BCUT2D eigenvalue weighted by Crippen LogP contribution is -2.27. The third kappa shape index (κ3) is 3.32. The first kappa shape index (κ1) is 16.6. The van der Waals surface area contributed by atoms with Gasteiger partial charge >= 0.3 is 11.4 Å². The highest BCUT2D eigenvalue weighted by Crippen LogP contribution is 2.27. The summed E-state index contributed by atoms with van der Waals surface area (Å²) in [5, 5.41) is 1.28. The van der Waals surface area contributed by atoms with Crippen LogP contribution in [0.2, 0.25) is 10.0 Å². The molecule has 0 amide bonds. The molecule has 0 saturated heterocycles. The molecule has 3 rings (SSSR count). The van der Waals surface area contributed by atoms with Gasteiger partial charge in [-0.05, 0) is 31.2 Å². The Morgan fingerprint density at radius 3 is 2.71 bits per heavy atom. The van der Waals surface area contributed by atoms with Crippen LogP contribution < -0.4 is 16.1 Å². The Balaban J connectivity index is 1.89. The molecule has 7 heteroatoms. The predicted octanol–water partition coefficient (Wildman–Crippen LogP) is 3.65. The molecule has 124 valence electrons. The molecule has 1 aromatic heterocycles. The minimum atomic E-state index is -0.725. The van der Waals surface area contributed by atoms with Crippen molar-refractivity contribution in [2.75, 3.05) is 6.61 Å². The van der Waals surface area contributed by atoms with Gasteiger partial charge in [0.15, 0.2) is 0 Å². The molecule has 0 aliphatic rings. The molecular formula is C17H13Cl2NO4. The number of rotatable bonds is 4. The number of ether oxygens (including phenoxy) is 1. The Bertz CT molecular complexity index is 1020. The highest BCUT2D eigenvalue weighted by molar-refractivity contribution is 6.34. The van der Waals surface area contributed by atoms with Crippen LogP contribution in [0.5, 0.6) is 5.75 Å². The van der Waals surface area contributed by atoms with Crippen LogP contribution in [0.4, 0.5) is 0 Å². The van der Waals surface area contributed by atoms with Crippen molar-refractivity contribution in [3.8, 4) is 5.75 Å². The summed E-state index contributed by atoms with van der Waals surface area (Å²) in [6.45, 7) is 2.22. The van der Waals surface area contributed by atoms with Crippen molar-refractivity contribution in [2.45, 2.75) is 13.5 Å². The number of fused-ring (bicyclic) bond motifs is 1. The van der Waals surface area contributed by atoms with Gasteiger partial charge in [-0.15, -0.1) is 0 Å². The van der Waals surface area contributed by atoms with Gasteiger partial charge in [0.2, 0.25) is 0 Å². The van der Waals surface area contributed by atoms with E-state index < -0.39 is 11.4 Å². The van der Waals surface area contributed by atoms with Gasteiger partial charge in [-0.1, -0.05) is 34.8 Å². The van der Waals surface area contributed by atoms with E-state index in [1.807, 2.05) is 13.0 Å². The topological polar surface area (TPSA) is 61.4 Å². The van der Waals surface area contributed by atoms with E-state index in [9.17, 15) is 9.59 Å². The summed E-state index contributed by atoms with van der Waals surface area (Å²) < 4.78 is 11.7. The lowest BCUT2D eigenvalue weighted by atomic mass is 10.2. The molecule has 0 radical (unpaired) electrons. The van der Waals surface area contributed by atoms with E-state index in [0.717, 1.165) is 5.56 Å². The van der Waals surface area contributed by atoms with E-state index in [2.05, 4.69) is 0 Å². The lowest BCUT2D eigenvalue weighted by Gasteiger charge is -2.11. The third-order valence-electron chi connectivity index (χ3n) is 3.53. The van der Waals surface area contributed by atoms with Crippen molar-refractivity contribution in [2.24, 2.45) is 0 Å². The monoisotopic (exact) mass is 365 g/mol.